The van der Waals surface area contributed by atoms with Gasteiger partial charge >= 0.3 is 5.97 Å². The fraction of sp³-hybridized carbons (Fsp3) is 0.227. The number of hydrogen-bond donors (Lipinski definition) is 3. The van der Waals surface area contributed by atoms with E-state index in [0.717, 1.165) is 16.3 Å². The maximum Gasteiger partial charge on any atom is 0.333 e. The lowest BCUT2D eigenvalue weighted by atomic mass is 9.97. The van der Waals surface area contributed by atoms with E-state index in [1.165, 1.54) is 10.8 Å². The van der Waals surface area contributed by atoms with Gasteiger partial charge in [-0.15, -0.1) is 0 Å². The highest BCUT2D eigenvalue weighted by atomic mass is 16.5. The van der Waals surface area contributed by atoms with Crippen molar-refractivity contribution in [2.24, 2.45) is 0 Å². The Hall–Kier alpha value is -2.73. The van der Waals surface area contributed by atoms with Gasteiger partial charge in [-0.1, -0.05) is 55.1 Å². The molecule has 5 heteroatoms. The fourth-order valence-electron chi connectivity index (χ4n) is 3.03. The first-order valence-electron chi connectivity index (χ1n) is 8.93. The van der Waals surface area contributed by atoms with Gasteiger partial charge in [-0.25, -0.2) is 4.79 Å². The number of carbonyl (C=O) groups excluding carboxylic acids is 1. The lowest BCUT2D eigenvalue weighted by Crippen LogP contribution is -2.43. The van der Waals surface area contributed by atoms with Gasteiger partial charge in [-0.3, -0.25) is 10.6 Å². The third kappa shape index (κ3) is 4.71. The quantitative estimate of drug-likeness (QED) is 0.188. The summed E-state index contributed by atoms with van der Waals surface area (Å²) in [6.07, 6.45) is -0.911. The molecule has 0 aliphatic carbocycles. The molecule has 0 aromatic heterocycles. The number of nitrogens with one attached hydrogen (secondary N) is 2. The molecule has 140 valence electrons. The van der Waals surface area contributed by atoms with Gasteiger partial charge in [0.1, 0.15) is 6.61 Å². The molecule has 3 aromatic rings. The summed E-state index contributed by atoms with van der Waals surface area (Å²) in [5, 5.41) is 20.8. The van der Waals surface area contributed by atoms with Crippen molar-refractivity contribution in [3.63, 3.8) is 0 Å². The number of rotatable bonds is 8. The molecule has 5 nitrogen and oxygen atoms in total. The van der Waals surface area contributed by atoms with E-state index in [-0.39, 0.29) is 6.61 Å². The Bertz CT molecular complexity index is 914. The van der Waals surface area contributed by atoms with Gasteiger partial charge in [0.2, 0.25) is 0 Å². The van der Waals surface area contributed by atoms with E-state index in [2.05, 4.69) is 47.5 Å². The molecule has 1 unspecified atom stereocenters. The Labute approximate surface area is 158 Å². The molecule has 3 aromatic carbocycles. The SMILES string of the molecule is C=C(C)C(=O)OCCNC(O)NCc1c2ccccc2cc2ccccc12. The Kier molecular flexibility index (Phi) is 6.19. The van der Waals surface area contributed by atoms with Crippen LogP contribution in [0.15, 0.2) is 66.7 Å². The molecule has 0 fully saturated rings. The smallest absolute Gasteiger partial charge is 0.333 e. The lowest BCUT2D eigenvalue weighted by Gasteiger charge is -2.17. The number of aliphatic hydroxyl groups excluding tert-OH is 1. The maximum atomic E-state index is 11.3. The third-order valence-electron chi connectivity index (χ3n) is 4.38. The van der Waals surface area contributed by atoms with E-state index in [1.807, 2.05) is 24.3 Å². The van der Waals surface area contributed by atoms with Crippen LogP contribution in [0.3, 0.4) is 0 Å². The summed E-state index contributed by atoms with van der Waals surface area (Å²) in [6, 6.07) is 18.6. The number of hydrogen-bond acceptors (Lipinski definition) is 5. The zero-order valence-corrected chi connectivity index (χ0v) is 15.4. The molecule has 3 N–H and O–H groups in total. The summed E-state index contributed by atoms with van der Waals surface area (Å²) >= 11 is 0. The summed E-state index contributed by atoms with van der Waals surface area (Å²) in [7, 11) is 0. The van der Waals surface area contributed by atoms with Gasteiger partial charge in [0.15, 0.2) is 6.35 Å². The zero-order chi connectivity index (χ0) is 19.2. The van der Waals surface area contributed by atoms with E-state index in [9.17, 15) is 9.90 Å². The summed E-state index contributed by atoms with van der Waals surface area (Å²) in [5.74, 6) is -0.429. The van der Waals surface area contributed by atoms with E-state index >= 15 is 0 Å². The molecule has 0 saturated heterocycles. The van der Waals surface area contributed by atoms with Gasteiger partial charge < -0.3 is 9.84 Å². The molecule has 0 bridgehead atoms. The average Bonchev–Trinajstić information content (AvgIpc) is 2.68. The molecule has 0 heterocycles. The summed E-state index contributed by atoms with van der Waals surface area (Å²) in [5.41, 5.74) is 1.50. The minimum Gasteiger partial charge on any atom is -0.461 e. The van der Waals surface area contributed by atoms with E-state index in [0.29, 0.717) is 18.7 Å². The van der Waals surface area contributed by atoms with Crippen molar-refractivity contribution in [1.82, 2.24) is 10.6 Å². The Morgan fingerprint density at radius 2 is 1.67 bits per heavy atom. The third-order valence-corrected chi connectivity index (χ3v) is 4.38. The number of benzene rings is 3. The van der Waals surface area contributed by atoms with Crippen LogP contribution in [0.25, 0.3) is 21.5 Å². The standard InChI is InChI=1S/C22H24N2O3/c1-15(2)21(25)27-12-11-23-22(26)24-14-20-18-9-5-3-7-16(18)13-17-8-4-6-10-19(17)20/h3-10,13,22-24,26H,1,11-12,14H2,2H3. The van der Waals surface area contributed by atoms with Gasteiger partial charge in [0.05, 0.1) is 0 Å². The second-order valence-corrected chi connectivity index (χ2v) is 6.45. The van der Waals surface area contributed by atoms with E-state index in [4.69, 9.17) is 4.74 Å². The molecule has 0 radical (unpaired) electrons. The number of fused-ring (bicyclic) bond motifs is 2. The first-order chi connectivity index (χ1) is 13.1. The monoisotopic (exact) mass is 364 g/mol. The second kappa shape index (κ2) is 8.77. The van der Waals surface area contributed by atoms with Crippen LogP contribution in [0.4, 0.5) is 0 Å². The highest BCUT2D eigenvalue weighted by Gasteiger charge is 2.10. The van der Waals surface area contributed by atoms with E-state index < -0.39 is 12.3 Å². The summed E-state index contributed by atoms with van der Waals surface area (Å²) in [4.78, 5) is 11.3. The van der Waals surface area contributed by atoms with Crippen LogP contribution in [0.1, 0.15) is 12.5 Å². The number of carbonyl (C=O) groups is 1. The highest BCUT2D eigenvalue weighted by Crippen LogP contribution is 2.28. The topological polar surface area (TPSA) is 70.6 Å². The van der Waals surface area contributed by atoms with Crippen molar-refractivity contribution < 1.29 is 14.6 Å². The fourth-order valence-corrected chi connectivity index (χ4v) is 3.03. The molecule has 0 spiro atoms. The van der Waals surface area contributed by atoms with Gasteiger partial charge in [-0.2, -0.15) is 0 Å². The van der Waals surface area contributed by atoms with Crippen molar-refractivity contribution in [1.29, 1.82) is 0 Å². The van der Waals surface area contributed by atoms with Crippen molar-refractivity contribution in [2.75, 3.05) is 13.2 Å². The average molecular weight is 364 g/mol. The number of ether oxygens (including phenoxy) is 1. The largest absolute Gasteiger partial charge is 0.461 e. The van der Waals surface area contributed by atoms with Gasteiger partial charge in [-0.05, 0) is 40.1 Å². The predicted octanol–water partition coefficient (Wildman–Crippen LogP) is 3.07. The first kappa shape index (κ1) is 19.0. The van der Waals surface area contributed by atoms with Crippen LogP contribution in [0, 0.1) is 0 Å². The molecule has 1 atom stereocenters. The van der Waals surface area contributed by atoms with Crippen LogP contribution >= 0.6 is 0 Å². The molecule has 0 aliphatic heterocycles. The van der Waals surface area contributed by atoms with Gasteiger partial charge in [0.25, 0.3) is 0 Å². The molecular formula is C22H24N2O3. The Morgan fingerprint density at radius 1 is 1.07 bits per heavy atom. The lowest BCUT2D eigenvalue weighted by molar-refractivity contribution is -0.139. The van der Waals surface area contributed by atoms with Crippen molar-refractivity contribution in [2.45, 2.75) is 19.8 Å². The molecule has 27 heavy (non-hydrogen) atoms. The van der Waals surface area contributed by atoms with Crippen LogP contribution in [-0.2, 0) is 16.1 Å². The summed E-state index contributed by atoms with van der Waals surface area (Å²) < 4.78 is 4.99. The van der Waals surface area contributed by atoms with Crippen LogP contribution in [0.2, 0.25) is 0 Å². The van der Waals surface area contributed by atoms with Crippen molar-refractivity contribution in [3.05, 3.63) is 72.3 Å². The molecule has 0 aliphatic rings. The molecule has 0 saturated carbocycles. The zero-order valence-electron chi connectivity index (χ0n) is 15.4. The molecule has 0 amide bonds. The van der Waals surface area contributed by atoms with Crippen LogP contribution in [-0.4, -0.2) is 30.6 Å². The minimum atomic E-state index is -0.911. The second-order valence-electron chi connectivity index (χ2n) is 6.45. The highest BCUT2D eigenvalue weighted by molar-refractivity contribution is 6.02. The van der Waals surface area contributed by atoms with Crippen molar-refractivity contribution >= 4 is 27.5 Å². The summed E-state index contributed by atoms with van der Waals surface area (Å²) in [6.45, 7) is 6.13. The first-order valence-corrected chi connectivity index (χ1v) is 8.93. The Balaban J connectivity index is 1.65. The Morgan fingerprint density at radius 3 is 2.26 bits per heavy atom. The van der Waals surface area contributed by atoms with Gasteiger partial charge in [0, 0.05) is 18.7 Å². The van der Waals surface area contributed by atoms with Crippen LogP contribution < -0.4 is 10.6 Å². The predicted molar refractivity (Wildman–Crippen MR) is 108 cm³/mol. The van der Waals surface area contributed by atoms with Crippen LogP contribution in [0.5, 0.6) is 0 Å². The normalized spacial score (nSPS) is 12.2. The minimum absolute atomic E-state index is 0.168. The molecular weight excluding hydrogens is 340 g/mol. The van der Waals surface area contributed by atoms with Crippen molar-refractivity contribution in [3.8, 4) is 0 Å². The van der Waals surface area contributed by atoms with E-state index in [1.54, 1.807) is 6.92 Å². The number of aliphatic hydroxyl groups is 1. The molecule has 3 rings (SSSR count). The maximum absolute atomic E-state index is 11.3. The number of esters is 1.